The topological polar surface area (TPSA) is 88.0 Å². The van der Waals surface area contributed by atoms with Crippen LogP contribution in [0.2, 0.25) is 0 Å². The lowest BCUT2D eigenvalue weighted by Crippen LogP contribution is -2.12. The van der Waals surface area contributed by atoms with Gasteiger partial charge in [0, 0.05) is 18.5 Å². The number of carbonyl (C=O) groups excluding carboxylic acids is 1. The van der Waals surface area contributed by atoms with Gasteiger partial charge < -0.3 is 9.73 Å². The van der Waals surface area contributed by atoms with E-state index in [2.05, 4.69) is 15.3 Å². The van der Waals surface area contributed by atoms with E-state index in [0.29, 0.717) is 29.6 Å². The number of aromatic amines is 1. The highest BCUT2D eigenvalue weighted by atomic mass is 32.1. The first-order valence-corrected chi connectivity index (χ1v) is 8.26. The molecule has 0 aliphatic rings. The fraction of sp³-hybridized carbons (Fsp3) is 0.118. The smallest absolute Gasteiger partial charge is 0.408 e. The Morgan fingerprint density at radius 2 is 2.12 bits per heavy atom. The summed E-state index contributed by atoms with van der Waals surface area (Å²) in [5.41, 5.74) is 2.61. The summed E-state index contributed by atoms with van der Waals surface area (Å²) in [6.07, 6.45) is 0.940. The van der Waals surface area contributed by atoms with Gasteiger partial charge in [-0.15, -0.1) is 11.3 Å². The average molecular weight is 339 g/mol. The Labute approximate surface area is 140 Å². The molecule has 1 amide bonds. The van der Waals surface area contributed by atoms with Crippen LogP contribution in [-0.2, 0) is 11.2 Å². The van der Waals surface area contributed by atoms with E-state index < -0.39 is 5.76 Å². The van der Waals surface area contributed by atoms with Crippen LogP contribution in [0, 0.1) is 0 Å². The van der Waals surface area contributed by atoms with Crippen LogP contribution in [0.4, 0.5) is 5.69 Å². The summed E-state index contributed by atoms with van der Waals surface area (Å²) in [6, 6.07) is 13.0. The molecule has 6 nitrogen and oxygen atoms in total. The van der Waals surface area contributed by atoms with Crippen molar-refractivity contribution in [3.05, 3.63) is 58.0 Å². The van der Waals surface area contributed by atoms with E-state index in [4.69, 9.17) is 4.42 Å². The summed E-state index contributed by atoms with van der Waals surface area (Å²) in [6.45, 7) is 0. The van der Waals surface area contributed by atoms with Gasteiger partial charge in [-0.05, 0) is 30.3 Å². The van der Waals surface area contributed by atoms with Crippen molar-refractivity contribution < 1.29 is 9.21 Å². The number of hydrogen-bond donors (Lipinski definition) is 2. The summed E-state index contributed by atoms with van der Waals surface area (Å²) in [7, 11) is 0. The quantitative estimate of drug-likeness (QED) is 0.597. The minimum absolute atomic E-state index is 0.0977. The lowest BCUT2D eigenvalue weighted by Gasteiger charge is -2.04. The molecule has 2 aromatic heterocycles. The van der Waals surface area contributed by atoms with E-state index in [0.717, 1.165) is 15.2 Å². The van der Waals surface area contributed by atoms with E-state index in [1.807, 2.05) is 24.3 Å². The molecule has 0 bridgehead atoms. The van der Waals surface area contributed by atoms with E-state index in [1.54, 1.807) is 29.5 Å². The Morgan fingerprint density at radius 1 is 1.25 bits per heavy atom. The van der Waals surface area contributed by atoms with Gasteiger partial charge in [-0.3, -0.25) is 9.78 Å². The second kappa shape index (κ2) is 5.93. The molecule has 0 aliphatic heterocycles. The van der Waals surface area contributed by atoms with Crippen molar-refractivity contribution in [2.24, 2.45) is 0 Å². The number of nitrogens with one attached hydrogen (secondary N) is 2. The van der Waals surface area contributed by atoms with Gasteiger partial charge in [0.15, 0.2) is 5.58 Å². The molecule has 7 heteroatoms. The molecule has 4 rings (SSSR count). The molecule has 0 atom stereocenters. The number of benzene rings is 2. The maximum atomic E-state index is 12.1. The maximum absolute atomic E-state index is 12.1. The van der Waals surface area contributed by atoms with Crippen LogP contribution < -0.4 is 11.1 Å². The first-order valence-electron chi connectivity index (χ1n) is 7.44. The molecule has 0 unspecified atom stereocenters. The molecule has 4 aromatic rings. The Morgan fingerprint density at radius 3 is 3.00 bits per heavy atom. The number of aromatic nitrogens is 2. The number of nitrogens with zero attached hydrogens (tertiary/aromatic N) is 1. The third-order valence-corrected chi connectivity index (χ3v) is 4.70. The Kier molecular flexibility index (Phi) is 3.62. The van der Waals surface area contributed by atoms with Crippen molar-refractivity contribution in [1.29, 1.82) is 0 Å². The Balaban J connectivity index is 1.42. The third kappa shape index (κ3) is 2.93. The molecule has 2 aromatic carbocycles. The number of oxazole rings is 1. The SMILES string of the molecule is O=C(CCc1nc2ccccc2s1)Nc1ccc2oc(=O)[nH]c2c1. The number of amides is 1. The first-order chi connectivity index (χ1) is 11.7. The third-order valence-electron chi connectivity index (χ3n) is 3.61. The Hall–Kier alpha value is -2.93. The number of fused-ring (bicyclic) bond motifs is 2. The lowest BCUT2D eigenvalue weighted by atomic mass is 10.2. The summed E-state index contributed by atoms with van der Waals surface area (Å²) < 4.78 is 6.06. The van der Waals surface area contributed by atoms with Crippen molar-refractivity contribution in [1.82, 2.24) is 9.97 Å². The van der Waals surface area contributed by atoms with Crippen molar-refractivity contribution in [3.8, 4) is 0 Å². The van der Waals surface area contributed by atoms with Gasteiger partial charge in [0.2, 0.25) is 5.91 Å². The minimum Gasteiger partial charge on any atom is -0.408 e. The van der Waals surface area contributed by atoms with Crippen LogP contribution in [0.1, 0.15) is 11.4 Å². The zero-order valence-corrected chi connectivity index (χ0v) is 13.4. The fourth-order valence-corrected chi connectivity index (χ4v) is 3.47. The standard InChI is InChI=1S/C17H13N3O3S/c21-15(7-8-16-19-11-3-1-2-4-14(11)24-16)18-10-5-6-13-12(9-10)20-17(22)23-13/h1-6,9H,7-8H2,(H,18,21)(H,20,22). The van der Waals surface area contributed by atoms with Gasteiger partial charge in [-0.1, -0.05) is 12.1 Å². The molecular weight excluding hydrogens is 326 g/mol. The summed E-state index contributed by atoms with van der Waals surface area (Å²) >= 11 is 1.61. The number of carbonyl (C=O) groups is 1. The van der Waals surface area contributed by atoms with E-state index in [-0.39, 0.29) is 5.91 Å². The number of H-pyrrole nitrogens is 1. The van der Waals surface area contributed by atoms with Crippen LogP contribution in [0.15, 0.2) is 51.7 Å². The number of hydrogen-bond acceptors (Lipinski definition) is 5. The van der Waals surface area contributed by atoms with Crippen molar-refractivity contribution in [2.45, 2.75) is 12.8 Å². The number of para-hydroxylation sites is 1. The van der Waals surface area contributed by atoms with Crippen molar-refractivity contribution >= 4 is 44.2 Å². The van der Waals surface area contributed by atoms with E-state index in [1.165, 1.54) is 0 Å². The monoisotopic (exact) mass is 339 g/mol. The number of anilines is 1. The summed E-state index contributed by atoms with van der Waals surface area (Å²) in [5, 5.41) is 3.77. The number of aryl methyl sites for hydroxylation is 1. The highest BCUT2D eigenvalue weighted by Gasteiger charge is 2.08. The molecule has 24 heavy (non-hydrogen) atoms. The van der Waals surface area contributed by atoms with Crippen LogP contribution in [0.3, 0.4) is 0 Å². The maximum Gasteiger partial charge on any atom is 0.417 e. The molecule has 0 radical (unpaired) electrons. The molecule has 0 aliphatic carbocycles. The second-order valence-electron chi connectivity index (χ2n) is 5.35. The van der Waals surface area contributed by atoms with Gasteiger partial charge in [0.25, 0.3) is 0 Å². The lowest BCUT2D eigenvalue weighted by molar-refractivity contribution is -0.116. The normalized spacial score (nSPS) is 11.2. The molecular formula is C17H13N3O3S. The fourth-order valence-electron chi connectivity index (χ4n) is 2.50. The molecule has 2 heterocycles. The Bertz CT molecular complexity index is 1060. The van der Waals surface area contributed by atoms with Gasteiger partial charge in [-0.25, -0.2) is 9.78 Å². The number of thiazole rings is 1. The summed E-state index contributed by atoms with van der Waals surface area (Å²) in [4.78, 5) is 30.3. The predicted molar refractivity (Wildman–Crippen MR) is 93.4 cm³/mol. The largest absolute Gasteiger partial charge is 0.417 e. The second-order valence-corrected chi connectivity index (χ2v) is 6.46. The molecule has 0 spiro atoms. The highest BCUT2D eigenvalue weighted by molar-refractivity contribution is 7.18. The highest BCUT2D eigenvalue weighted by Crippen LogP contribution is 2.22. The molecule has 0 saturated carbocycles. The van der Waals surface area contributed by atoms with Gasteiger partial charge in [0.05, 0.1) is 20.7 Å². The van der Waals surface area contributed by atoms with Gasteiger partial charge >= 0.3 is 5.76 Å². The van der Waals surface area contributed by atoms with E-state index in [9.17, 15) is 9.59 Å². The zero-order chi connectivity index (χ0) is 16.5. The average Bonchev–Trinajstić information content (AvgIpc) is 3.14. The number of rotatable bonds is 4. The van der Waals surface area contributed by atoms with Crippen LogP contribution in [0.25, 0.3) is 21.3 Å². The van der Waals surface area contributed by atoms with Gasteiger partial charge in [0.1, 0.15) is 0 Å². The van der Waals surface area contributed by atoms with Crippen molar-refractivity contribution in [3.63, 3.8) is 0 Å². The minimum atomic E-state index is -0.510. The van der Waals surface area contributed by atoms with Crippen LogP contribution >= 0.6 is 11.3 Å². The van der Waals surface area contributed by atoms with Crippen molar-refractivity contribution in [2.75, 3.05) is 5.32 Å². The van der Waals surface area contributed by atoms with E-state index >= 15 is 0 Å². The van der Waals surface area contributed by atoms with Crippen LogP contribution in [-0.4, -0.2) is 15.9 Å². The first kappa shape index (κ1) is 14.6. The summed E-state index contributed by atoms with van der Waals surface area (Å²) in [5.74, 6) is -0.608. The molecule has 2 N–H and O–H groups in total. The molecule has 0 saturated heterocycles. The zero-order valence-electron chi connectivity index (χ0n) is 12.5. The van der Waals surface area contributed by atoms with Crippen LogP contribution in [0.5, 0.6) is 0 Å². The van der Waals surface area contributed by atoms with Gasteiger partial charge in [-0.2, -0.15) is 0 Å². The molecule has 120 valence electrons. The molecule has 0 fully saturated rings. The predicted octanol–water partition coefficient (Wildman–Crippen LogP) is 3.30.